The fourth-order valence-electron chi connectivity index (χ4n) is 0.945. The SMILES string of the molecule is O=C(Cl)c1cc([N+](=O)[O-])c(Br)nc1C(F)F. The highest BCUT2D eigenvalue weighted by Crippen LogP contribution is 2.30. The smallest absolute Gasteiger partial charge is 0.276 e. The minimum absolute atomic E-state index is 0.380. The summed E-state index contributed by atoms with van der Waals surface area (Å²) in [5, 5.41) is 9.25. The first-order valence-corrected chi connectivity index (χ1v) is 4.84. The molecule has 5 nitrogen and oxygen atoms in total. The summed E-state index contributed by atoms with van der Waals surface area (Å²) in [7, 11) is 0. The number of nitro groups is 1. The van der Waals surface area contributed by atoms with Crippen LogP contribution >= 0.6 is 27.5 Å². The van der Waals surface area contributed by atoms with Gasteiger partial charge in [0.2, 0.25) is 0 Å². The quantitative estimate of drug-likeness (QED) is 0.372. The van der Waals surface area contributed by atoms with E-state index in [1.807, 2.05) is 0 Å². The molecule has 0 aromatic carbocycles. The molecule has 0 aliphatic carbocycles. The zero-order valence-electron chi connectivity index (χ0n) is 7.29. The molecule has 1 heterocycles. The van der Waals surface area contributed by atoms with Crippen LogP contribution in [0.15, 0.2) is 10.7 Å². The summed E-state index contributed by atoms with van der Waals surface area (Å²) in [6, 6.07) is 0.661. The van der Waals surface area contributed by atoms with Crippen molar-refractivity contribution in [1.29, 1.82) is 0 Å². The van der Waals surface area contributed by atoms with Gasteiger partial charge in [-0.1, -0.05) is 0 Å². The molecular formula is C7H2BrClF2N2O3. The fourth-order valence-corrected chi connectivity index (χ4v) is 1.55. The van der Waals surface area contributed by atoms with Gasteiger partial charge in [-0.25, -0.2) is 13.8 Å². The third-order valence-corrected chi connectivity index (χ3v) is 2.39. The molecule has 0 saturated carbocycles. The van der Waals surface area contributed by atoms with E-state index < -0.39 is 33.5 Å². The van der Waals surface area contributed by atoms with Crippen LogP contribution in [0.3, 0.4) is 0 Å². The van der Waals surface area contributed by atoms with Gasteiger partial charge in [0.15, 0.2) is 4.60 Å². The number of rotatable bonds is 3. The lowest BCUT2D eigenvalue weighted by molar-refractivity contribution is -0.386. The summed E-state index contributed by atoms with van der Waals surface area (Å²) in [4.78, 5) is 23.7. The molecule has 0 amide bonds. The normalized spacial score (nSPS) is 10.6. The van der Waals surface area contributed by atoms with Gasteiger partial charge in [-0.3, -0.25) is 14.9 Å². The molecule has 0 N–H and O–H groups in total. The number of aromatic nitrogens is 1. The molecule has 0 spiro atoms. The van der Waals surface area contributed by atoms with Crippen molar-refractivity contribution in [3.8, 4) is 0 Å². The maximum Gasteiger partial charge on any atom is 0.302 e. The third kappa shape index (κ3) is 2.50. The van der Waals surface area contributed by atoms with E-state index in [4.69, 9.17) is 11.6 Å². The first kappa shape index (κ1) is 12.9. The van der Waals surface area contributed by atoms with Crippen LogP contribution in [0.1, 0.15) is 22.5 Å². The molecule has 1 aromatic heterocycles. The van der Waals surface area contributed by atoms with Crippen molar-refractivity contribution in [3.63, 3.8) is 0 Å². The van der Waals surface area contributed by atoms with E-state index in [2.05, 4.69) is 20.9 Å². The molecule has 86 valence electrons. The summed E-state index contributed by atoms with van der Waals surface area (Å²) in [6.07, 6.45) is -3.05. The Morgan fingerprint density at radius 2 is 2.19 bits per heavy atom. The van der Waals surface area contributed by atoms with Crippen LogP contribution in [-0.4, -0.2) is 15.1 Å². The highest BCUT2D eigenvalue weighted by Gasteiger charge is 2.25. The van der Waals surface area contributed by atoms with Crippen LogP contribution in [0.4, 0.5) is 14.5 Å². The van der Waals surface area contributed by atoms with Gasteiger partial charge >= 0.3 is 5.69 Å². The van der Waals surface area contributed by atoms with E-state index in [1.165, 1.54) is 0 Å². The Morgan fingerprint density at radius 3 is 2.56 bits per heavy atom. The maximum atomic E-state index is 12.4. The van der Waals surface area contributed by atoms with Crippen LogP contribution < -0.4 is 0 Å². The van der Waals surface area contributed by atoms with Gasteiger partial charge in [-0.05, 0) is 27.5 Å². The number of carbonyl (C=O) groups excluding carboxylic acids is 1. The molecule has 0 radical (unpaired) electrons. The molecule has 0 fully saturated rings. The number of carbonyl (C=O) groups is 1. The minimum Gasteiger partial charge on any atom is -0.276 e. The number of pyridine rings is 1. The van der Waals surface area contributed by atoms with Crippen LogP contribution in [0.5, 0.6) is 0 Å². The largest absolute Gasteiger partial charge is 0.302 e. The molecule has 0 aliphatic heterocycles. The molecule has 16 heavy (non-hydrogen) atoms. The van der Waals surface area contributed by atoms with Gasteiger partial charge in [0, 0.05) is 6.07 Å². The summed E-state index contributed by atoms with van der Waals surface area (Å²) in [5.41, 5.74) is -2.17. The monoisotopic (exact) mass is 314 g/mol. The Hall–Kier alpha value is -1.15. The van der Waals surface area contributed by atoms with Crippen molar-refractivity contribution >= 4 is 38.5 Å². The third-order valence-electron chi connectivity index (χ3n) is 1.60. The standard InChI is InChI=1S/C7H2BrClF2N2O3/c8-5-3(13(15)16)1-2(6(9)14)4(12-5)7(10)11/h1,7H. The van der Waals surface area contributed by atoms with Crippen LogP contribution in [-0.2, 0) is 0 Å². The molecule has 0 aliphatic rings. The van der Waals surface area contributed by atoms with E-state index in [9.17, 15) is 23.7 Å². The first-order chi connectivity index (χ1) is 7.34. The van der Waals surface area contributed by atoms with Gasteiger partial charge in [-0.15, -0.1) is 0 Å². The Labute approximate surface area is 101 Å². The second-order valence-electron chi connectivity index (χ2n) is 2.56. The summed E-state index contributed by atoms with van der Waals surface area (Å²) in [6.45, 7) is 0. The van der Waals surface area contributed by atoms with Gasteiger partial charge in [0.1, 0.15) is 5.69 Å². The molecule has 0 saturated heterocycles. The lowest BCUT2D eigenvalue weighted by Crippen LogP contribution is -2.04. The zero-order valence-corrected chi connectivity index (χ0v) is 9.63. The highest BCUT2D eigenvalue weighted by molar-refractivity contribution is 9.10. The average molecular weight is 315 g/mol. The molecule has 0 bridgehead atoms. The molecule has 0 unspecified atom stereocenters. The summed E-state index contributed by atoms with van der Waals surface area (Å²) < 4.78 is 24.5. The van der Waals surface area contributed by atoms with Crippen molar-refractivity contribution in [2.45, 2.75) is 6.43 Å². The van der Waals surface area contributed by atoms with Gasteiger partial charge < -0.3 is 0 Å². The zero-order chi connectivity index (χ0) is 12.5. The molecule has 0 atom stereocenters. The van der Waals surface area contributed by atoms with E-state index in [0.29, 0.717) is 6.07 Å². The van der Waals surface area contributed by atoms with E-state index in [-0.39, 0.29) is 4.60 Å². The number of hydrogen-bond acceptors (Lipinski definition) is 4. The van der Waals surface area contributed by atoms with Crippen LogP contribution in [0.25, 0.3) is 0 Å². The number of nitrogens with zero attached hydrogens (tertiary/aromatic N) is 2. The molecule has 9 heteroatoms. The fraction of sp³-hybridized carbons (Fsp3) is 0.143. The van der Waals surface area contributed by atoms with Crippen molar-refractivity contribution in [3.05, 3.63) is 32.0 Å². The second-order valence-corrected chi connectivity index (χ2v) is 3.66. The van der Waals surface area contributed by atoms with Crippen molar-refractivity contribution in [2.75, 3.05) is 0 Å². The van der Waals surface area contributed by atoms with Crippen molar-refractivity contribution < 1.29 is 18.5 Å². The Bertz CT molecular complexity index is 469. The lowest BCUT2D eigenvalue weighted by atomic mass is 10.2. The summed E-state index contributed by atoms with van der Waals surface area (Å²) in [5.74, 6) is 0. The Balaban J connectivity index is 3.49. The highest BCUT2D eigenvalue weighted by atomic mass is 79.9. The lowest BCUT2D eigenvalue weighted by Gasteiger charge is -2.04. The van der Waals surface area contributed by atoms with Gasteiger partial charge in [0.05, 0.1) is 10.5 Å². The minimum atomic E-state index is -3.05. The first-order valence-electron chi connectivity index (χ1n) is 3.67. The maximum absolute atomic E-state index is 12.4. The van der Waals surface area contributed by atoms with E-state index >= 15 is 0 Å². The molecule has 1 rings (SSSR count). The van der Waals surface area contributed by atoms with E-state index in [1.54, 1.807) is 0 Å². The Morgan fingerprint density at radius 1 is 1.62 bits per heavy atom. The van der Waals surface area contributed by atoms with Gasteiger partial charge in [-0.2, -0.15) is 0 Å². The molecular weight excluding hydrogens is 313 g/mol. The molecule has 1 aromatic rings. The number of halogens is 4. The topological polar surface area (TPSA) is 73.1 Å². The van der Waals surface area contributed by atoms with Gasteiger partial charge in [0.25, 0.3) is 11.7 Å². The number of alkyl halides is 2. The van der Waals surface area contributed by atoms with Crippen LogP contribution in [0.2, 0.25) is 0 Å². The van der Waals surface area contributed by atoms with Crippen molar-refractivity contribution in [2.24, 2.45) is 0 Å². The average Bonchev–Trinajstić information content (AvgIpc) is 2.15. The predicted octanol–water partition coefficient (Wildman–Crippen LogP) is 3.07. The second kappa shape index (κ2) is 4.79. The predicted molar refractivity (Wildman–Crippen MR) is 53.7 cm³/mol. The van der Waals surface area contributed by atoms with Crippen LogP contribution in [0, 0.1) is 10.1 Å². The Kier molecular flexibility index (Phi) is 3.87. The van der Waals surface area contributed by atoms with Crippen molar-refractivity contribution in [1.82, 2.24) is 4.98 Å². The van der Waals surface area contributed by atoms with E-state index in [0.717, 1.165) is 0 Å². The summed E-state index contributed by atoms with van der Waals surface area (Å²) >= 11 is 7.69. The number of hydrogen-bond donors (Lipinski definition) is 0.